The maximum Gasteiger partial charge on any atom is 0.160 e. The third kappa shape index (κ3) is 10.0. The number of aryl methyl sites for hydroxylation is 1. The minimum absolute atomic E-state index is 0.0426. The number of nitrogens with zero attached hydrogens (tertiary/aromatic N) is 2. The second-order valence-electron chi connectivity index (χ2n) is 10.3. The third-order valence-electron chi connectivity index (χ3n) is 6.88. The lowest BCUT2D eigenvalue weighted by Crippen LogP contribution is -2.07. The largest absolute Gasteiger partial charge is 0.491 e. The molecular weight excluding hydrogens is 580 g/mol. The summed E-state index contributed by atoms with van der Waals surface area (Å²) in [7, 11) is -1.19. The van der Waals surface area contributed by atoms with E-state index in [4.69, 9.17) is 21.1 Å². The smallest absolute Gasteiger partial charge is 0.160 e. The maximum absolute atomic E-state index is 12.9. The van der Waals surface area contributed by atoms with Crippen molar-refractivity contribution < 1.29 is 18.5 Å². The van der Waals surface area contributed by atoms with Crippen LogP contribution < -0.4 is 4.74 Å². The molecule has 0 spiro atoms. The highest BCUT2D eigenvalue weighted by atomic mass is 35.5. The van der Waals surface area contributed by atoms with Crippen molar-refractivity contribution >= 4 is 34.3 Å². The van der Waals surface area contributed by atoms with Crippen LogP contribution >= 0.6 is 11.6 Å². The molecule has 3 aromatic carbocycles. The summed E-state index contributed by atoms with van der Waals surface area (Å²) in [6.45, 7) is 6.96. The van der Waals surface area contributed by atoms with Gasteiger partial charge in [0.15, 0.2) is 5.78 Å². The number of unbranched alkanes of at least 4 members (excludes halogenated alkanes) is 1. The predicted molar refractivity (Wildman–Crippen MR) is 175 cm³/mol. The molecule has 0 saturated heterocycles. The average molecular weight is 619 g/mol. The van der Waals surface area contributed by atoms with Crippen LogP contribution in [0.5, 0.6) is 5.75 Å². The van der Waals surface area contributed by atoms with Crippen LogP contribution in [0.3, 0.4) is 0 Å². The summed E-state index contributed by atoms with van der Waals surface area (Å²) in [6, 6.07) is 21.1. The molecule has 0 amide bonds. The van der Waals surface area contributed by atoms with E-state index in [0.29, 0.717) is 24.0 Å². The van der Waals surface area contributed by atoms with E-state index in [1.54, 1.807) is 24.7 Å². The number of aromatic nitrogens is 2. The van der Waals surface area contributed by atoms with Crippen LogP contribution in [0.25, 0.3) is 17.2 Å². The number of carbonyl (C=O) groups excluding carboxylic acids is 1. The van der Waals surface area contributed by atoms with Gasteiger partial charge in [-0.05, 0) is 83.6 Å². The number of ether oxygens (including phenoxy) is 2. The molecule has 6 nitrogen and oxygen atoms in total. The fourth-order valence-electron chi connectivity index (χ4n) is 4.49. The fraction of sp³-hybridized carbons (Fsp3) is 0.314. The molecule has 0 saturated carbocycles. The Morgan fingerprint density at radius 3 is 2.47 bits per heavy atom. The zero-order chi connectivity index (χ0) is 30.4. The number of allylic oxidation sites excluding steroid dienone is 1. The minimum Gasteiger partial charge on any atom is -0.491 e. The Labute approximate surface area is 262 Å². The zero-order valence-electron chi connectivity index (χ0n) is 24.8. The van der Waals surface area contributed by atoms with Crippen LogP contribution in [-0.4, -0.2) is 39.4 Å². The van der Waals surface area contributed by atoms with Gasteiger partial charge in [-0.25, -0.2) is 4.98 Å². The van der Waals surface area contributed by atoms with E-state index in [2.05, 4.69) is 18.8 Å². The first-order valence-corrected chi connectivity index (χ1v) is 16.4. The first-order valence-electron chi connectivity index (χ1n) is 14.7. The first kappa shape index (κ1) is 32.4. The Morgan fingerprint density at radius 1 is 0.953 bits per heavy atom. The van der Waals surface area contributed by atoms with E-state index in [1.807, 2.05) is 71.3 Å². The molecule has 0 N–H and O–H groups in total. The summed E-state index contributed by atoms with van der Waals surface area (Å²) in [5, 5.41) is 0.572. The highest BCUT2D eigenvalue weighted by molar-refractivity contribution is 7.84. The fourth-order valence-corrected chi connectivity index (χ4v) is 5.79. The zero-order valence-corrected chi connectivity index (χ0v) is 26.4. The van der Waals surface area contributed by atoms with Crippen LogP contribution in [0.1, 0.15) is 49.9 Å². The van der Waals surface area contributed by atoms with E-state index in [9.17, 15) is 9.00 Å². The van der Waals surface area contributed by atoms with Crippen LogP contribution in [0.2, 0.25) is 5.02 Å². The van der Waals surface area contributed by atoms with Crippen LogP contribution in [-0.2, 0) is 39.0 Å². The van der Waals surface area contributed by atoms with Crippen molar-refractivity contribution in [3.8, 4) is 16.9 Å². The minimum atomic E-state index is -1.19. The van der Waals surface area contributed by atoms with Gasteiger partial charge in [0.05, 0.1) is 35.2 Å². The van der Waals surface area contributed by atoms with Crippen molar-refractivity contribution in [2.45, 2.75) is 56.7 Å². The average Bonchev–Trinajstić information content (AvgIpc) is 3.45. The van der Waals surface area contributed by atoms with Gasteiger partial charge in [-0.3, -0.25) is 9.00 Å². The molecule has 0 bridgehead atoms. The quantitative estimate of drug-likeness (QED) is 0.0887. The monoisotopic (exact) mass is 618 g/mol. The standard InChI is InChI=1S/C35H39ClN2O4S/c1-3-5-19-41-20-21-42-33-13-9-28(10-14-33)29-11-17-35(36)30(23-29)8-12-32(39)22-27-6-15-34(16-7-27)43(40)25-31-24-37-26-38(31)18-4-2/h6-17,23-24,26H,3-5,18-22,25H2,1-2H3/b12-8+/t43-/m0/s1. The SMILES string of the molecule is CCCCOCCOc1ccc(-c2ccc(Cl)c(/C=C/C(=O)Cc3ccc([S@@](=O)Cc4cncn4CCC)cc3)c2)cc1. The Morgan fingerprint density at radius 2 is 1.72 bits per heavy atom. The topological polar surface area (TPSA) is 70.4 Å². The molecule has 0 aliphatic rings. The second kappa shape index (κ2) is 16.9. The van der Waals surface area contributed by atoms with Gasteiger partial charge in [0.25, 0.3) is 0 Å². The maximum atomic E-state index is 12.9. The Kier molecular flexibility index (Phi) is 12.8. The number of ketones is 1. The molecule has 4 aromatic rings. The van der Waals surface area contributed by atoms with E-state index in [1.165, 1.54) is 0 Å². The number of carbonyl (C=O) groups is 1. The van der Waals surface area contributed by atoms with Crippen molar-refractivity contribution in [3.63, 3.8) is 0 Å². The Balaban J connectivity index is 1.31. The molecule has 1 atom stereocenters. The highest BCUT2D eigenvalue weighted by Gasteiger charge is 2.10. The summed E-state index contributed by atoms with van der Waals surface area (Å²) in [4.78, 5) is 17.7. The second-order valence-corrected chi connectivity index (χ2v) is 12.1. The summed E-state index contributed by atoms with van der Waals surface area (Å²) < 4.78 is 26.2. The molecule has 43 heavy (non-hydrogen) atoms. The summed E-state index contributed by atoms with van der Waals surface area (Å²) in [5.41, 5.74) is 4.60. The molecule has 1 heterocycles. The number of hydrogen-bond acceptors (Lipinski definition) is 5. The Bertz CT molecular complexity index is 1510. The van der Waals surface area contributed by atoms with Crippen molar-refractivity contribution in [2.24, 2.45) is 0 Å². The molecule has 0 fully saturated rings. The normalized spacial score (nSPS) is 12.1. The van der Waals surface area contributed by atoms with Crippen molar-refractivity contribution in [3.05, 3.63) is 107 Å². The van der Waals surface area contributed by atoms with Crippen LogP contribution in [0.15, 0.2) is 90.2 Å². The van der Waals surface area contributed by atoms with E-state index in [-0.39, 0.29) is 12.2 Å². The van der Waals surface area contributed by atoms with Gasteiger partial charge in [0.1, 0.15) is 12.4 Å². The number of rotatable bonds is 17. The molecule has 0 radical (unpaired) electrons. The van der Waals surface area contributed by atoms with E-state index < -0.39 is 10.8 Å². The van der Waals surface area contributed by atoms with Gasteiger partial charge in [-0.15, -0.1) is 0 Å². The van der Waals surface area contributed by atoms with E-state index in [0.717, 1.165) is 71.0 Å². The molecule has 0 unspecified atom stereocenters. The number of imidazole rings is 1. The van der Waals surface area contributed by atoms with Gasteiger partial charge < -0.3 is 14.0 Å². The summed E-state index contributed by atoms with van der Waals surface area (Å²) >= 11 is 6.45. The number of hydrogen-bond donors (Lipinski definition) is 0. The van der Waals surface area contributed by atoms with Gasteiger partial charge >= 0.3 is 0 Å². The van der Waals surface area contributed by atoms with Crippen molar-refractivity contribution in [2.75, 3.05) is 19.8 Å². The van der Waals surface area contributed by atoms with Crippen molar-refractivity contribution in [1.29, 1.82) is 0 Å². The first-order chi connectivity index (χ1) is 21.0. The predicted octanol–water partition coefficient (Wildman–Crippen LogP) is 7.94. The lowest BCUT2D eigenvalue weighted by atomic mass is 10.0. The number of benzene rings is 3. The van der Waals surface area contributed by atoms with Gasteiger partial charge in [-0.1, -0.05) is 62.2 Å². The van der Waals surface area contributed by atoms with Gasteiger partial charge in [0, 0.05) is 35.7 Å². The van der Waals surface area contributed by atoms with Crippen LogP contribution in [0.4, 0.5) is 0 Å². The highest BCUT2D eigenvalue weighted by Crippen LogP contribution is 2.28. The molecule has 226 valence electrons. The van der Waals surface area contributed by atoms with E-state index >= 15 is 0 Å². The lowest BCUT2D eigenvalue weighted by Gasteiger charge is -2.09. The molecule has 0 aliphatic heterocycles. The molecule has 8 heteroatoms. The third-order valence-corrected chi connectivity index (χ3v) is 8.58. The van der Waals surface area contributed by atoms with Crippen molar-refractivity contribution in [1.82, 2.24) is 9.55 Å². The number of halogens is 1. The van der Waals surface area contributed by atoms with Crippen LogP contribution in [0, 0.1) is 0 Å². The summed E-state index contributed by atoms with van der Waals surface area (Å²) in [6.07, 6.45) is 10.3. The molecule has 1 aromatic heterocycles. The summed E-state index contributed by atoms with van der Waals surface area (Å²) in [5.74, 6) is 1.16. The van der Waals surface area contributed by atoms with Gasteiger partial charge in [0.2, 0.25) is 0 Å². The lowest BCUT2D eigenvalue weighted by molar-refractivity contribution is -0.113. The Hall–Kier alpha value is -3.52. The molecular formula is C35H39ClN2O4S. The molecule has 4 rings (SSSR count). The van der Waals surface area contributed by atoms with Gasteiger partial charge in [-0.2, -0.15) is 0 Å². The molecule has 0 aliphatic carbocycles.